The summed E-state index contributed by atoms with van der Waals surface area (Å²) in [5.41, 5.74) is 10.2. The number of azide groups is 1. The fourth-order valence-corrected chi connectivity index (χ4v) is 2.42. The molecule has 0 bridgehead atoms. The zero-order valence-electron chi connectivity index (χ0n) is 11.0. The number of rotatable bonds is 3. The van der Waals surface area contributed by atoms with Crippen LogP contribution in [0.3, 0.4) is 0 Å². The van der Waals surface area contributed by atoms with E-state index < -0.39 is 0 Å². The van der Waals surface area contributed by atoms with Crippen molar-refractivity contribution in [3.05, 3.63) is 34.7 Å². The highest BCUT2D eigenvalue weighted by atomic mass is 15.2. The van der Waals surface area contributed by atoms with E-state index >= 15 is 0 Å². The van der Waals surface area contributed by atoms with Crippen molar-refractivity contribution < 1.29 is 0 Å². The van der Waals surface area contributed by atoms with Gasteiger partial charge >= 0.3 is 0 Å². The quantitative estimate of drug-likeness (QED) is 0.466. The van der Waals surface area contributed by atoms with E-state index in [0.717, 1.165) is 13.1 Å². The molecule has 0 unspecified atom stereocenters. The van der Waals surface area contributed by atoms with Gasteiger partial charge in [-0.3, -0.25) is 0 Å². The Morgan fingerprint density at radius 3 is 2.33 bits per heavy atom. The molecule has 1 fully saturated rings. The molecule has 0 amide bonds. The molecule has 1 aromatic rings. The lowest BCUT2D eigenvalue weighted by atomic mass is 10.0. The van der Waals surface area contributed by atoms with E-state index in [-0.39, 0.29) is 0 Å². The number of piperidine rings is 1. The Labute approximate surface area is 108 Å². The largest absolute Gasteiger partial charge is 0.371 e. The van der Waals surface area contributed by atoms with Gasteiger partial charge in [-0.2, -0.15) is 0 Å². The van der Waals surface area contributed by atoms with Crippen LogP contribution in [-0.4, -0.2) is 38.1 Å². The summed E-state index contributed by atoms with van der Waals surface area (Å²) in [4.78, 5) is 7.48. The van der Waals surface area contributed by atoms with Crippen LogP contribution in [0.15, 0.2) is 29.4 Å². The van der Waals surface area contributed by atoms with Gasteiger partial charge in [0.15, 0.2) is 0 Å². The Hall–Kier alpha value is -1.71. The van der Waals surface area contributed by atoms with Gasteiger partial charge in [0, 0.05) is 35.4 Å². The van der Waals surface area contributed by atoms with Gasteiger partial charge in [-0.25, -0.2) is 0 Å². The second kappa shape index (κ2) is 5.76. The van der Waals surface area contributed by atoms with Gasteiger partial charge in [0.1, 0.15) is 0 Å². The molecule has 0 radical (unpaired) electrons. The summed E-state index contributed by atoms with van der Waals surface area (Å²) in [5, 5.41) is 3.58. The SMILES string of the molecule is CN(C)C1CCN(c2ccc(N=[N+]=[N-])cc2)CC1. The molecule has 0 saturated carbocycles. The molecule has 0 aromatic heterocycles. The Morgan fingerprint density at radius 2 is 1.83 bits per heavy atom. The number of hydrogen-bond acceptors (Lipinski definition) is 3. The summed E-state index contributed by atoms with van der Waals surface area (Å²) in [7, 11) is 4.30. The van der Waals surface area contributed by atoms with Gasteiger partial charge in [-0.15, -0.1) is 0 Å². The highest BCUT2D eigenvalue weighted by Crippen LogP contribution is 2.24. The molecule has 2 rings (SSSR count). The maximum absolute atomic E-state index is 8.36. The van der Waals surface area contributed by atoms with Gasteiger partial charge in [0.05, 0.1) is 0 Å². The molecule has 1 aromatic carbocycles. The van der Waals surface area contributed by atoms with Crippen LogP contribution in [0.4, 0.5) is 11.4 Å². The molecule has 1 heterocycles. The lowest BCUT2D eigenvalue weighted by Gasteiger charge is -2.36. The molecule has 5 heteroatoms. The average molecular weight is 245 g/mol. The van der Waals surface area contributed by atoms with Crippen molar-refractivity contribution in [1.82, 2.24) is 4.90 Å². The molecule has 1 saturated heterocycles. The zero-order valence-corrected chi connectivity index (χ0v) is 11.0. The molecular weight excluding hydrogens is 226 g/mol. The van der Waals surface area contributed by atoms with E-state index in [4.69, 9.17) is 5.53 Å². The monoisotopic (exact) mass is 245 g/mol. The summed E-state index contributed by atoms with van der Waals surface area (Å²) in [5.74, 6) is 0. The van der Waals surface area contributed by atoms with Crippen molar-refractivity contribution in [3.63, 3.8) is 0 Å². The lowest BCUT2D eigenvalue weighted by Crippen LogP contribution is -2.41. The molecule has 18 heavy (non-hydrogen) atoms. The Balaban J connectivity index is 1.99. The second-order valence-electron chi connectivity index (χ2n) is 4.89. The number of nitrogens with zero attached hydrogens (tertiary/aromatic N) is 5. The number of anilines is 1. The second-order valence-corrected chi connectivity index (χ2v) is 4.89. The third-order valence-electron chi connectivity index (χ3n) is 3.57. The van der Waals surface area contributed by atoms with Gasteiger partial charge in [0.25, 0.3) is 0 Å². The van der Waals surface area contributed by atoms with Crippen molar-refractivity contribution >= 4 is 11.4 Å². The predicted octanol–water partition coefficient (Wildman–Crippen LogP) is 3.16. The summed E-state index contributed by atoms with van der Waals surface area (Å²) >= 11 is 0. The first kappa shape index (κ1) is 12.7. The molecule has 0 atom stereocenters. The van der Waals surface area contributed by atoms with Gasteiger partial charge < -0.3 is 9.80 Å². The fraction of sp³-hybridized carbons (Fsp3) is 0.538. The minimum absolute atomic E-state index is 0.671. The summed E-state index contributed by atoms with van der Waals surface area (Å²) in [6, 6.07) is 8.49. The van der Waals surface area contributed by atoms with Crippen molar-refractivity contribution in [2.45, 2.75) is 18.9 Å². The molecule has 5 nitrogen and oxygen atoms in total. The van der Waals surface area contributed by atoms with Crippen molar-refractivity contribution in [1.29, 1.82) is 0 Å². The first-order valence-corrected chi connectivity index (χ1v) is 6.27. The van der Waals surface area contributed by atoms with Crippen LogP contribution in [0, 0.1) is 0 Å². The smallest absolute Gasteiger partial charge is 0.0376 e. The molecule has 96 valence electrons. The van der Waals surface area contributed by atoms with Gasteiger partial charge in [-0.1, -0.05) is 17.2 Å². The van der Waals surface area contributed by atoms with Crippen molar-refractivity contribution in [3.8, 4) is 0 Å². The maximum atomic E-state index is 8.36. The van der Waals surface area contributed by atoms with Crippen LogP contribution < -0.4 is 4.90 Å². The highest BCUT2D eigenvalue weighted by molar-refractivity contribution is 5.53. The average Bonchev–Trinajstić information content (AvgIpc) is 2.40. The molecule has 0 spiro atoms. The Morgan fingerprint density at radius 1 is 1.22 bits per heavy atom. The molecule has 1 aliphatic rings. The molecule has 0 aliphatic carbocycles. The third-order valence-corrected chi connectivity index (χ3v) is 3.57. The minimum atomic E-state index is 0.671. The molecule has 0 N–H and O–H groups in total. The third kappa shape index (κ3) is 2.94. The topological polar surface area (TPSA) is 55.2 Å². The molecule has 1 aliphatic heterocycles. The number of benzene rings is 1. The zero-order chi connectivity index (χ0) is 13.0. The highest BCUT2D eigenvalue weighted by Gasteiger charge is 2.20. The van der Waals surface area contributed by atoms with E-state index in [2.05, 4.69) is 33.9 Å². The summed E-state index contributed by atoms with van der Waals surface area (Å²) < 4.78 is 0. The summed E-state index contributed by atoms with van der Waals surface area (Å²) in [6.45, 7) is 2.17. The Bertz CT molecular complexity index is 425. The fourth-order valence-electron chi connectivity index (χ4n) is 2.42. The first-order chi connectivity index (χ1) is 8.70. The van der Waals surface area contributed by atoms with Crippen molar-refractivity contribution in [2.75, 3.05) is 32.1 Å². The van der Waals surface area contributed by atoms with E-state index in [0.29, 0.717) is 11.7 Å². The van der Waals surface area contributed by atoms with Crippen LogP contribution in [0.2, 0.25) is 0 Å². The summed E-state index contributed by atoms with van der Waals surface area (Å²) in [6.07, 6.45) is 2.40. The van der Waals surface area contributed by atoms with Crippen molar-refractivity contribution in [2.24, 2.45) is 5.11 Å². The van der Waals surface area contributed by atoms with E-state index in [1.165, 1.54) is 18.5 Å². The standard InChI is InChI=1S/C13H19N5/c1-17(2)12-7-9-18(10-8-12)13-5-3-11(4-6-13)15-16-14/h3-6,12H,7-10H2,1-2H3. The number of hydrogen-bond donors (Lipinski definition) is 0. The van der Waals surface area contributed by atoms with E-state index in [9.17, 15) is 0 Å². The van der Waals surface area contributed by atoms with Gasteiger partial charge in [0.2, 0.25) is 0 Å². The maximum Gasteiger partial charge on any atom is 0.0376 e. The van der Waals surface area contributed by atoms with Crippen LogP contribution >= 0.6 is 0 Å². The van der Waals surface area contributed by atoms with Crippen LogP contribution in [0.5, 0.6) is 0 Å². The van der Waals surface area contributed by atoms with Crippen LogP contribution in [-0.2, 0) is 0 Å². The van der Waals surface area contributed by atoms with Crippen LogP contribution in [0.25, 0.3) is 10.4 Å². The van der Waals surface area contributed by atoms with E-state index in [1.807, 2.05) is 24.3 Å². The normalized spacial score (nSPS) is 16.7. The van der Waals surface area contributed by atoms with Gasteiger partial charge in [-0.05, 0) is 44.6 Å². The predicted molar refractivity (Wildman–Crippen MR) is 74.2 cm³/mol. The minimum Gasteiger partial charge on any atom is -0.371 e. The first-order valence-electron chi connectivity index (χ1n) is 6.27. The lowest BCUT2D eigenvalue weighted by molar-refractivity contribution is 0.249. The van der Waals surface area contributed by atoms with Crippen LogP contribution in [0.1, 0.15) is 12.8 Å². The molecular formula is C13H19N5. The Kier molecular flexibility index (Phi) is 4.07. The van der Waals surface area contributed by atoms with E-state index in [1.54, 1.807) is 0 Å².